The van der Waals surface area contributed by atoms with Gasteiger partial charge in [0.15, 0.2) is 0 Å². The van der Waals surface area contributed by atoms with Crippen LogP contribution in [0.1, 0.15) is 65.2 Å². The molecule has 0 aromatic heterocycles. The molecule has 3 heteroatoms. The van der Waals surface area contributed by atoms with Crippen LogP contribution < -0.4 is 0 Å². The van der Waals surface area contributed by atoms with Gasteiger partial charge in [0.05, 0.1) is 17.9 Å². The SMILES string of the molecule is CCC1CC2=CC(=NO)CC[C@@H]2C2CC[C@@]3(C)C(CC[C@@]34C=CCO4)C12. The van der Waals surface area contributed by atoms with Crippen LogP contribution in [-0.2, 0) is 4.74 Å². The third kappa shape index (κ3) is 2.13. The van der Waals surface area contributed by atoms with E-state index in [1.165, 1.54) is 44.9 Å². The Balaban J connectivity index is 1.51. The van der Waals surface area contributed by atoms with E-state index in [-0.39, 0.29) is 5.60 Å². The molecular formula is C23H33NO2. The van der Waals surface area contributed by atoms with Gasteiger partial charge < -0.3 is 9.94 Å². The molecule has 5 aliphatic rings. The van der Waals surface area contributed by atoms with Crippen molar-refractivity contribution in [3.05, 3.63) is 23.8 Å². The molecule has 5 rings (SSSR count). The highest BCUT2D eigenvalue weighted by molar-refractivity contribution is 5.96. The number of fused-ring (bicyclic) bond motifs is 6. The van der Waals surface area contributed by atoms with Crippen molar-refractivity contribution in [2.24, 2.45) is 40.2 Å². The molecule has 4 aliphatic carbocycles. The highest BCUT2D eigenvalue weighted by atomic mass is 16.5. The second-order valence-corrected chi connectivity index (χ2v) is 9.77. The van der Waals surface area contributed by atoms with Gasteiger partial charge in [0, 0.05) is 5.41 Å². The third-order valence-corrected chi connectivity index (χ3v) is 9.14. The second-order valence-electron chi connectivity index (χ2n) is 9.77. The summed E-state index contributed by atoms with van der Waals surface area (Å²) in [5, 5.41) is 12.8. The first-order chi connectivity index (χ1) is 12.6. The highest BCUT2D eigenvalue weighted by Gasteiger charge is 2.64. The van der Waals surface area contributed by atoms with Crippen LogP contribution in [0, 0.1) is 35.0 Å². The Morgan fingerprint density at radius 1 is 1.27 bits per heavy atom. The summed E-state index contributed by atoms with van der Waals surface area (Å²) in [4.78, 5) is 0. The summed E-state index contributed by atoms with van der Waals surface area (Å²) in [7, 11) is 0. The summed E-state index contributed by atoms with van der Waals surface area (Å²) in [6.07, 6.45) is 16.8. The first kappa shape index (κ1) is 17.0. The smallest absolute Gasteiger partial charge is 0.0923 e. The van der Waals surface area contributed by atoms with E-state index in [4.69, 9.17) is 4.74 Å². The van der Waals surface area contributed by atoms with Crippen LogP contribution >= 0.6 is 0 Å². The first-order valence-corrected chi connectivity index (χ1v) is 10.8. The van der Waals surface area contributed by atoms with E-state index in [0.29, 0.717) is 5.41 Å². The molecule has 0 saturated heterocycles. The van der Waals surface area contributed by atoms with Gasteiger partial charge in [-0.1, -0.05) is 43.1 Å². The van der Waals surface area contributed by atoms with Crippen molar-refractivity contribution in [2.75, 3.05) is 6.61 Å². The quantitative estimate of drug-likeness (QED) is 0.391. The van der Waals surface area contributed by atoms with Crippen molar-refractivity contribution in [3.8, 4) is 0 Å². The van der Waals surface area contributed by atoms with Crippen molar-refractivity contribution in [2.45, 2.75) is 70.8 Å². The number of hydrogen-bond donors (Lipinski definition) is 1. The van der Waals surface area contributed by atoms with Crippen LogP contribution in [-0.4, -0.2) is 23.1 Å². The molecule has 3 saturated carbocycles. The fraction of sp³-hybridized carbons (Fsp3) is 0.783. The van der Waals surface area contributed by atoms with Crippen LogP contribution in [0.25, 0.3) is 0 Å². The van der Waals surface area contributed by atoms with Crippen LogP contribution in [0.5, 0.6) is 0 Å². The van der Waals surface area contributed by atoms with E-state index < -0.39 is 0 Å². The Hall–Kier alpha value is -1.09. The molecule has 142 valence electrons. The Morgan fingerprint density at radius 3 is 2.88 bits per heavy atom. The number of allylic oxidation sites excluding steroid dienone is 2. The Kier molecular flexibility index (Phi) is 3.90. The van der Waals surface area contributed by atoms with Crippen molar-refractivity contribution in [1.82, 2.24) is 0 Å². The Morgan fingerprint density at radius 2 is 2.15 bits per heavy atom. The maximum absolute atomic E-state index is 9.23. The van der Waals surface area contributed by atoms with Crippen molar-refractivity contribution >= 4 is 5.71 Å². The van der Waals surface area contributed by atoms with Gasteiger partial charge in [-0.05, 0) is 80.6 Å². The molecule has 1 heterocycles. The van der Waals surface area contributed by atoms with Crippen LogP contribution in [0.3, 0.4) is 0 Å². The zero-order valence-electron chi connectivity index (χ0n) is 16.3. The molecule has 26 heavy (non-hydrogen) atoms. The topological polar surface area (TPSA) is 41.8 Å². The zero-order valence-corrected chi connectivity index (χ0v) is 16.3. The van der Waals surface area contributed by atoms with Crippen molar-refractivity contribution in [1.29, 1.82) is 0 Å². The molecule has 1 spiro atoms. The lowest BCUT2D eigenvalue weighted by atomic mass is 9.48. The number of ether oxygens (including phenoxy) is 1. The molecule has 3 fully saturated rings. The molecule has 1 N–H and O–H groups in total. The lowest BCUT2D eigenvalue weighted by Crippen LogP contribution is -2.54. The van der Waals surface area contributed by atoms with Gasteiger partial charge in [-0.25, -0.2) is 0 Å². The maximum Gasteiger partial charge on any atom is 0.0923 e. The first-order valence-electron chi connectivity index (χ1n) is 10.8. The summed E-state index contributed by atoms with van der Waals surface area (Å²) >= 11 is 0. The van der Waals surface area contributed by atoms with E-state index in [1.54, 1.807) is 5.57 Å². The summed E-state index contributed by atoms with van der Waals surface area (Å²) in [5.74, 6) is 4.01. The minimum atomic E-state index is 0.0281. The van der Waals surface area contributed by atoms with Crippen molar-refractivity contribution in [3.63, 3.8) is 0 Å². The normalized spacial score (nSPS) is 51.2. The molecule has 7 atom stereocenters. The molecule has 4 unspecified atom stereocenters. The second kappa shape index (κ2) is 5.95. The minimum absolute atomic E-state index is 0.0281. The van der Waals surface area contributed by atoms with Gasteiger partial charge in [-0.2, -0.15) is 0 Å². The van der Waals surface area contributed by atoms with Crippen LogP contribution in [0.4, 0.5) is 0 Å². The van der Waals surface area contributed by atoms with Crippen LogP contribution in [0.15, 0.2) is 29.0 Å². The van der Waals surface area contributed by atoms with E-state index in [2.05, 4.69) is 37.2 Å². The van der Waals surface area contributed by atoms with Crippen LogP contribution in [0.2, 0.25) is 0 Å². The molecule has 0 bridgehead atoms. The highest BCUT2D eigenvalue weighted by Crippen LogP contribution is 2.67. The summed E-state index contributed by atoms with van der Waals surface area (Å²) in [5.41, 5.74) is 2.84. The van der Waals surface area contributed by atoms with E-state index in [1.807, 2.05) is 0 Å². The fourth-order valence-electron chi connectivity index (χ4n) is 7.92. The van der Waals surface area contributed by atoms with Gasteiger partial charge in [-0.3, -0.25) is 0 Å². The number of oxime groups is 1. The molecule has 3 nitrogen and oxygen atoms in total. The van der Waals surface area contributed by atoms with Gasteiger partial charge in [0.25, 0.3) is 0 Å². The largest absolute Gasteiger partial charge is 0.411 e. The molecular weight excluding hydrogens is 322 g/mol. The lowest BCUT2D eigenvalue weighted by Gasteiger charge is -2.58. The van der Waals surface area contributed by atoms with Crippen molar-refractivity contribution < 1.29 is 9.94 Å². The van der Waals surface area contributed by atoms with E-state index in [0.717, 1.165) is 48.3 Å². The standard InChI is InChI=1S/C23H33NO2/c1-3-15-13-16-14-17(24-25)5-6-18(16)19-7-10-22(2)20(21(15)19)8-11-23(22)9-4-12-26-23/h4,9,14-15,18-21,25H,3,5-8,10-13H2,1-2H3/t15?,18-,19?,20?,21?,22-,23-/m0/s1. The number of rotatable bonds is 1. The minimum Gasteiger partial charge on any atom is -0.411 e. The summed E-state index contributed by atoms with van der Waals surface area (Å²) in [6, 6.07) is 0. The molecule has 0 radical (unpaired) electrons. The molecule has 1 aliphatic heterocycles. The van der Waals surface area contributed by atoms with Gasteiger partial charge in [0.2, 0.25) is 0 Å². The average molecular weight is 356 g/mol. The maximum atomic E-state index is 9.23. The van der Waals surface area contributed by atoms with E-state index >= 15 is 0 Å². The van der Waals surface area contributed by atoms with Gasteiger partial charge in [-0.15, -0.1) is 0 Å². The molecule has 0 aromatic rings. The number of nitrogens with zero attached hydrogens (tertiary/aromatic N) is 1. The molecule has 0 aromatic carbocycles. The zero-order chi connectivity index (χ0) is 17.9. The van der Waals surface area contributed by atoms with Gasteiger partial charge >= 0.3 is 0 Å². The predicted octanol–water partition coefficient (Wildman–Crippen LogP) is 5.35. The average Bonchev–Trinajstić information content (AvgIpc) is 3.26. The monoisotopic (exact) mass is 355 g/mol. The van der Waals surface area contributed by atoms with Gasteiger partial charge in [0.1, 0.15) is 0 Å². The lowest BCUT2D eigenvalue weighted by molar-refractivity contribution is -0.121. The summed E-state index contributed by atoms with van der Waals surface area (Å²) in [6.45, 7) is 5.74. The predicted molar refractivity (Wildman–Crippen MR) is 103 cm³/mol. The fourth-order valence-corrected chi connectivity index (χ4v) is 7.92. The Bertz CT molecular complexity index is 680. The summed E-state index contributed by atoms with van der Waals surface area (Å²) < 4.78 is 6.39. The number of hydrogen-bond acceptors (Lipinski definition) is 3. The third-order valence-electron chi connectivity index (χ3n) is 9.14. The Labute approximate surface area is 157 Å². The van der Waals surface area contributed by atoms with E-state index in [9.17, 15) is 5.21 Å². The molecule has 0 amide bonds.